The Morgan fingerprint density at radius 2 is 1.78 bits per heavy atom. The minimum absolute atomic E-state index is 0.115. The van der Waals surface area contributed by atoms with Crippen molar-refractivity contribution in [2.24, 2.45) is 0 Å². The van der Waals surface area contributed by atoms with Crippen molar-refractivity contribution in [3.63, 3.8) is 0 Å². The van der Waals surface area contributed by atoms with Crippen molar-refractivity contribution in [3.05, 3.63) is 75.6 Å². The van der Waals surface area contributed by atoms with Crippen molar-refractivity contribution >= 4 is 22.7 Å². The van der Waals surface area contributed by atoms with Gasteiger partial charge in [-0.1, -0.05) is 42.1 Å². The highest BCUT2D eigenvalue weighted by atomic mass is 32.2. The van der Waals surface area contributed by atoms with Gasteiger partial charge in [-0.25, -0.2) is 4.98 Å². The van der Waals surface area contributed by atoms with Gasteiger partial charge in [0, 0.05) is 0 Å². The van der Waals surface area contributed by atoms with Gasteiger partial charge in [-0.05, 0) is 44.0 Å². The summed E-state index contributed by atoms with van der Waals surface area (Å²) in [6.45, 7) is 5.96. The third-order valence-electron chi connectivity index (χ3n) is 4.48. The highest BCUT2D eigenvalue weighted by Gasteiger charge is 2.14. The zero-order chi connectivity index (χ0) is 19.0. The van der Waals surface area contributed by atoms with Gasteiger partial charge >= 0.3 is 0 Å². The minimum atomic E-state index is -0.115. The Hall–Kier alpha value is -2.93. The number of H-pyrrole nitrogens is 1. The Bertz CT molecular complexity index is 1190. The first-order valence-electron chi connectivity index (χ1n) is 8.64. The molecule has 0 atom stereocenters. The smallest absolute Gasteiger partial charge is 0.258 e. The molecule has 0 saturated carbocycles. The summed E-state index contributed by atoms with van der Waals surface area (Å²) >= 11 is 1.50. The Kier molecular flexibility index (Phi) is 4.53. The molecule has 6 nitrogen and oxygen atoms in total. The van der Waals surface area contributed by atoms with Crippen molar-refractivity contribution in [2.45, 2.75) is 31.7 Å². The van der Waals surface area contributed by atoms with Crippen molar-refractivity contribution in [3.8, 4) is 5.69 Å². The number of nitrogens with one attached hydrogen (secondary N) is 1. The van der Waals surface area contributed by atoms with Gasteiger partial charge in [0.25, 0.3) is 5.56 Å². The molecule has 0 aliphatic heterocycles. The number of para-hydroxylation sites is 2. The van der Waals surface area contributed by atoms with Crippen LogP contribution in [0.5, 0.6) is 0 Å². The van der Waals surface area contributed by atoms with Crippen LogP contribution in [-0.4, -0.2) is 24.7 Å². The Labute approximate surface area is 160 Å². The first-order valence-corrected chi connectivity index (χ1v) is 9.62. The molecule has 0 aliphatic rings. The zero-order valence-corrected chi connectivity index (χ0v) is 16.2. The summed E-state index contributed by atoms with van der Waals surface area (Å²) in [4.78, 5) is 19.9. The quantitative estimate of drug-likeness (QED) is 0.549. The summed E-state index contributed by atoms with van der Waals surface area (Å²) < 4.78 is 2.03. The summed E-state index contributed by atoms with van der Waals surface area (Å²) in [5.41, 5.74) is 3.82. The van der Waals surface area contributed by atoms with E-state index in [0.29, 0.717) is 17.0 Å². The molecule has 1 N–H and O–H groups in total. The molecule has 0 bridgehead atoms. The first kappa shape index (κ1) is 17.5. The van der Waals surface area contributed by atoms with Crippen LogP contribution in [0.3, 0.4) is 0 Å². The van der Waals surface area contributed by atoms with Crippen molar-refractivity contribution in [1.82, 2.24) is 24.7 Å². The van der Waals surface area contributed by atoms with Crippen molar-refractivity contribution in [1.29, 1.82) is 0 Å². The third kappa shape index (κ3) is 3.26. The number of fused-ring (bicyclic) bond motifs is 1. The van der Waals surface area contributed by atoms with Gasteiger partial charge in [0.2, 0.25) is 0 Å². The number of benzene rings is 2. The lowest BCUT2D eigenvalue weighted by atomic mass is 10.1. The zero-order valence-electron chi connectivity index (χ0n) is 15.4. The lowest BCUT2D eigenvalue weighted by Crippen LogP contribution is -2.12. The van der Waals surface area contributed by atoms with E-state index in [-0.39, 0.29) is 5.56 Å². The molecular weight excluding hydrogens is 358 g/mol. The maximum absolute atomic E-state index is 12.4. The number of rotatable bonds is 4. The summed E-state index contributed by atoms with van der Waals surface area (Å²) in [7, 11) is 0. The molecule has 2 aromatic carbocycles. The second kappa shape index (κ2) is 7.00. The van der Waals surface area contributed by atoms with Crippen LogP contribution in [0, 0.1) is 20.8 Å². The molecule has 7 heteroatoms. The molecule has 4 rings (SSSR count). The van der Waals surface area contributed by atoms with Crippen LogP contribution in [0.1, 0.15) is 22.8 Å². The van der Waals surface area contributed by atoms with E-state index in [4.69, 9.17) is 0 Å². The first-order chi connectivity index (χ1) is 13.0. The lowest BCUT2D eigenvalue weighted by Gasteiger charge is -2.11. The maximum atomic E-state index is 12.4. The van der Waals surface area contributed by atoms with Gasteiger partial charge in [0.1, 0.15) is 11.6 Å². The molecular formula is C20H19N5OS. The third-order valence-corrected chi connectivity index (χ3v) is 5.42. The van der Waals surface area contributed by atoms with E-state index in [0.717, 1.165) is 33.3 Å². The minimum Gasteiger partial charge on any atom is -0.309 e. The fourth-order valence-corrected chi connectivity index (χ4v) is 3.94. The number of aromatic amines is 1. The topological polar surface area (TPSA) is 76.5 Å². The van der Waals surface area contributed by atoms with Crippen LogP contribution >= 0.6 is 11.8 Å². The van der Waals surface area contributed by atoms with Gasteiger partial charge in [-0.15, -0.1) is 10.2 Å². The standard InChI is InChI=1S/C20H19N5OS/c1-12-7-4-5-10-16(12)25-14(3)23-24-20(25)27-11-17-21-18-13(2)8-6-9-15(18)19(26)22-17/h4-10H,11H2,1-3H3,(H,21,22,26). The Morgan fingerprint density at radius 1 is 1.00 bits per heavy atom. The summed E-state index contributed by atoms with van der Waals surface area (Å²) in [5, 5.41) is 9.92. The van der Waals surface area contributed by atoms with Crippen LogP contribution < -0.4 is 5.56 Å². The average molecular weight is 377 g/mol. The number of nitrogens with zero attached hydrogens (tertiary/aromatic N) is 4. The normalized spacial score (nSPS) is 11.2. The van der Waals surface area contributed by atoms with Crippen LogP contribution in [0.2, 0.25) is 0 Å². The highest BCUT2D eigenvalue weighted by Crippen LogP contribution is 2.26. The molecule has 2 heterocycles. The second-order valence-corrected chi connectivity index (χ2v) is 7.37. The fourth-order valence-electron chi connectivity index (χ4n) is 3.08. The summed E-state index contributed by atoms with van der Waals surface area (Å²) in [6.07, 6.45) is 0. The molecule has 0 amide bonds. The molecule has 2 aromatic heterocycles. The molecule has 0 fully saturated rings. The monoisotopic (exact) mass is 377 g/mol. The Balaban J connectivity index is 1.68. The number of aryl methyl sites for hydroxylation is 3. The van der Waals surface area contributed by atoms with Crippen LogP contribution in [0.4, 0.5) is 0 Å². The molecule has 0 unspecified atom stereocenters. The number of hydrogen-bond acceptors (Lipinski definition) is 5. The van der Waals surface area contributed by atoms with E-state index in [2.05, 4.69) is 39.2 Å². The fraction of sp³-hybridized carbons (Fsp3) is 0.200. The molecule has 0 spiro atoms. The van der Waals surface area contributed by atoms with E-state index < -0.39 is 0 Å². The van der Waals surface area contributed by atoms with E-state index >= 15 is 0 Å². The van der Waals surface area contributed by atoms with Crippen molar-refractivity contribution in [2.75, 3.05) is 0 Å². The van der Waals surface area contributed by atoms with E-state index in [1.165, 1.54) is 11.8 Å². The average Bonchev–Trinajstić information content (AvgIpc) is 3.02. The highest BCUT2D eigenvalue weighted by molar-refractivity contribution is 7.98. The predicted molar refractivity (Wildman–Crippen MR) is 107 cm³/mol. The van der Waals surface area contributed by atoms with Crippen LogP contribution in [0.25, 0.3) is 16.6 Å². The van der Waals surface area contributed by atoms with E-state index in [1.54, 1.807) is 6.07 Å². The predicted octanol–water partition coefficient (Wildman–Crippen LogP) is 3.72. The molecule has 0 radical (unpaired) electrons. The lowest BCUT2D eigenvalue weighted by molar-refractivity contribution is 0.860. The number of thioether (sulfide) groups is 1. The maximum Gasteiger partial charge on any atom is 0.258 e. The second-order valence-electron chi connectivity index (χ2n) is 6.42. The number of aromatic nitrogens is 5. The summed E-state index contributed by atoms with van der Waals surface area (Å²) in [5.74, 6) is 1.95. The van der Waals surface area contributed by atoms with Crippen LogP contribution in [0.15, 0.2) is 52.4 Å². The van der Waals surface area contributed by atoms with Gasteiger partial charge < -0.3 is 4.98 Å². The van der Waals surface area contributed by atoms with Gasteiger partial charge in [0.15, 0.2) is 5.16 Å². The summed E-state index contributed by atoms with van der Waals surface area (Å²) in [6, 6.07) is 13.8. The SMILES string of the molecule is Cc1ccccc1-n1c(C)nnc1SCc1nc2c(C)cccc2c(=O)[nH]1. The number of hydrogen-bond donors (Lipinski definition) is 1. The molecule has 0 saturated heterocycles. The van der Waals surface area contributed by atoms with Crippen molar-refractivity contribution < 1.29 is 0 Å². The largest absolute Gasteiger partial charge is 0.309 e. The molecule has 27 heavy (non-hydrogen) atoms. The molecule has 4 aromatic rings. The van der Waals surface area contributed by atoms with Crippen LogP contribution in [-0.2, 0) is 5.75 Å². The Morgan fingerprint density at radius 3 is 2.59 bits per heavy atom. The van der Waals surface area contributed by atoms with Gasteiger partial charge in [-0.2, -0.15) is 0 Å². The van der Waals surface area contributed by atoms with Gasteiger partial charge in [-0.3, -0.25) is 9.36 Å². The van der Waals surface area contributed by atoms with E-state index in [1.807, 2.05) is 42.7 Å². The molecule has 0 aliphatic carbocycles. The molecule has 136 valence electrons. The van der Waals surface area contributed by atoms with E-state index in [9.17, 15) is 4.79 Å². The van der Waals surface area contributed by atoms with Gasteiger partial charge in [0.05, 0.1) is 22.3 Å².